The summed E-state index contributed by atoms with van der Waals surface area (Å²) in [5.41, 5.74) is 0.697. The van der Waals surface area contributed by atoms with E-state index in [9.17, 15) is 5.11 Å². The van der Waals surface area contributed by atoms with Crippen LogP contribution in [0.3, 0.4) is 0 Å². The average Bonchev–Trinajstić information content (AvgIpc) is 2.39. The Kier molecular flexibility index (Phi) is 3.93. The molecule has 0 saturated heterocycles. The van der Waals surface area contributed by atoms with Crippen LogP contribution in [0.2, 0.25) is 0 Å². The molecule has 3 heteroatoms. The molecule has 1 aliphatic rings. The number of para-hydroxylation sites is 1. The zero-order chi connectivity index (χ0) is 13.2. The third-order valence-electron chi connectivity index (χ3n) is 3.92. The highest BCUT2D eigenvalue weighted by Gasteiger charge is 2.32. The lowest BCUT2D eigenvalue weighted by atomic mass is 9.84. The summed E-state index contributed by atoms with van der Waals surface area (Å²) >= 11 is 0. The van der Waals surface area contributed by atoms with Gasteiger partial charge >= 0.3 is 0 Å². The Hall–Kier alpha value is -1.06. The van der Waals surface area contributed by atoms with Crippen LogP contribution in [-0.2, 0) is 4.74 Å². The van der Waals surface area contributed by atoms with Gasteiger partial charge in [-0.25, -0.2) is 0 Å². The van der Waals surface area contributed by atoms with E-state index in [2.05, 4.69) is 6.07 Å². The summed E-state index contributed by atoms with van der Waals surface area (Å²) in [4.78, 5) is 0. The number of aliphatic hydroxyl groups is 1. The van der Waals surface area contributed by atoms with Crippen molar-refractivity contribution in [1.82, 2.24) is 0 Å². The topological polar surface area (TPSA) is 38.7 Å². The second-order valence-electron chi connectivity index (χ2n) is 5.43. The molecule has 0 spiro atoms. The molecule has 2 rings (SSSR count). The molecule has 1 heterocycles. The Morgan fingerprint density at radius 2 is 2.17 bits per heavy atom. The predicted molar refractivity (Wildman–Crippen MR) is 71.0 cm³/mol. The van der Waals surface area contributed by atoms with E-state index in [0.717, 1.165) is 18.8 Å². The lowest BCUT2D eigenvalue weighted by Gasteiger charge is -2.33. The summed E-state index contributed by atoms with van der Waals surface area (Å²) in [6.45, 7) is 4.56. The number of aliphatic hydroxyl groups excluding tert-OH is 1. The monoisotopic (exact) mass is 250 g/mol. The molecule has 2 unspecified atom stereocenters. The Morgan fingerprint density at radius 3 is 2.89 bits per heavy atom. The van der Waals surface area contributed by atoms with E-state index < -0.39 is 11.7 Å². The van der Waals surface area contributed by atoms with Gasteiger partial charge in [0.25, 0.3) is 0 Å². The normalized spacial score (nSPS) is 21.0. The molecule has 0 bridgehead atoms. The van der Waals surface area contributed by atoms with Crippen LogP contribution in [-0.4, -0.2) is 30.5 Å². The first-order valence-corrected chi connectivity index (χ1v) is 6.49. The smallest absolute Gasteiger partial charge is 0.122 e. The summed E-state index contributed by atoms with van der Waals surface area (Å²) in [7, 11) is 1.64. The zero-order valence-electron chi connectivity index (χ0n) is 11.3. The molecule has 0 aromatic heterocycles. The fourth-order valence-electron chi connectivity index (χ4n) is 2.35. The Balaban J connectivity index is 2.12. The van der Waals surface area contributed by atoms with Crippen molar-refractivity contribution in [2.24, 2.45) is 0 Å². The van der Waals surface area contributed by atoms with Gasteiger partial charge in [-0.15, -0.1) is 0 Å². The second-order valence-corrected chi connectivity index (χ2v) is 5.43. The van der Waals surface area contributed by atoms with Gasteiger partial charge in [0, 0.05) is 7.11 Å². The molecule has 1 aliphatic heterocycles. The van der Waals surface area contributed by atoms with Crippen molar-refractivity contribution in [3.05, 3.63) is 29.8 Å². The molecule has 1 N–H and O–H groups in total. The molecule has 0 radical (unpaired) electrons. The minimum Gasteiger partial charge on any atom is -0.493 e. The standard InChI is InChI=1S/C15H22O3/c1-15(2,17-3)14(16)10-11-8-9-18-13-7-5-4-6-12(11)13/h4-7,11,14,16H,8-10H2,1-3H3. The van der Waals surface area contributed by atoms with Gasteiger partial charge in [-0.1, -0.05) is 18.2 Å². The Labute approximate surface area is 109 Å². The van der Waals surface area contributed by atoms with E-state index >= 15 is 0 Å². The van der Waals surface area contributed by atoms with E-state index in [1.165, 1.54) is 5.56 Å². The van der Waals surface area contributed by atoms with Crippen LogP contribution in [0, 0.1) is 0 Å². The summed E-state index contributed by atoms with van der Waals surface area (Å²) in [5.74, 6) is 1.30. The molecule has 3 nitrogen and oxygen atoms in total. The SMILES string of the molecule is COC(C)(C)C(O)CC1CCOc2ccccc21. The number of fused-ring (bicyclic) bond motifs is 1. The minimum absolute atomic E-state index is 0.347. The Morgan fingerprint density at radius 1 is 1.44 bits per heavy atom. The van der Waals surface area contributed by atoms with Crippen molar-refractivity contribution < 1.29 is 14.6 Å². The molecule has 0 fully saturated rings. The molecule has 2 atom stereocenters. The van der Waals surface area contributed by atoms with Gasteiger partial charge in [0.2, 0.25) is 0 Å². The van der Waals surface area contributed by atoms with E-state index in [1.54, 1.807) is 7.11 Å². The van der Waals surface area contributed by atoms with Crippen LogP contribution >= 0.6 is 0 Å². The maximum atomic E-state index is 10.3. The predicted octanol–water partition coefficient (Wildman–Crippen LogP) is 2.73. The van der Waals surface area contributed by atoms with Crippen LogP contribution in [0.5, 0.6) is 5.75 Å². The summed E-state index contributed by atoms with van der Waals surface area (Å²) in [6, 6.07) is 8.09. The third-order valence-corrected chi connectivity index (χ3v) is 3.92. The first-order valence-electron chi connectivity index (χ1n) is 6.49. The lowest BCUT2D eigenvalue weighted by molar-refractivity contribution is -0.0832. The van der Waals surface area contributed by atoms with Gasteiger partial charge < -0.3 is 14.6 Å². The van der Waals surface area contributed by atoms with Gasteiger partial charge in [0.05, 0.1) is 18.3 Å². The second kappa shape index (κ2) is 5.29. The van der Waals surface area contributed by atoms with Gasteiger partial charge in [-0.2, -0.15) is 0 Å². The van der Waals surface area contributed by atoms with Crippen molar-refractivity contribution in [2.45, 2.75) is 44.3 Å². The summed E-state index contributed by atoms with van der Waals surface area (Å²) in [6.07, 6.45) is 1.19. The summed E-state index contributed by atoms with van der Waals surface area (Å²) < 4.78 is 11.0. The molecule has 0 amide bonds. The fourth-order valence-corrected chi connectivity index (χ4v) is 2.35. The maximum Gasteiger partial charge on any atom is 0.122 e. The highest BCUT2D eigenvalue weighted by atomic mass is 16.5. The quantitative estimate of drug-likeness (QED) is 0.893. The number of ether oxygens (including phenoxy) is 2. The van der Waals surface area contributed by atoms with Crippen molar-refractivity contribution >= 4 is 0 Å². The number of hydrogen-bond donors (Lipinski definition) is 1. The molecule has 18 heavy (non-hydrogen) atoms. The highest BCUT2D eigenvalue weighted by molar-refractivity contribution is 5.37. The molecule has 100 valence electrons. The largest absolute Gasteiger partial charge is 0.493 e. The van der Waals surface area contributed by atoms with Crippen LogP contribution < -0.4 is 4.74 Å². The van der Waals surface area contributed by atoms with Gasteiger partial charge in [0.15, 0.2) is 0 Å². The number of benzene rings is 1. The highest BCUT2D eigenvalue weighted by Crippen LogP contribution is 2.37. The Bertz CT molecular complexity index is 400. The van der Waals surface area contributed by atoms with Crippen molar-refractivity contribution in [3.63, 3.8) is 0 Å². The van der Waals surface area contributed by atoms with E-state index in [4.69, 9.17) is 9.47 Å². The molecule has 1 aromatic carbocycles. The van der Waals surface area contributed by atoms with Crippen LogP contribution in [0.1, 0.15) is 38.2 Å². The van der Waals surface area contributed by atoms with Crippen molar-refractivity contribution in [1.29, 1.82) is 0 Å². The van der Waals surface area contributed by atoms with Gasteiger partial charge in [0.1, 0.15) is 5.75 Å². The van der Waals surface area contributed by atoms with Gasteiger partial charge in [-0.05, 0) is 44.2 Å². The van der Waals surface area contributed by atoms with E-state index in [0.29, 0.717) is 12.3 Å². The van der Waals surface area contributed by atoms with Crippen LogP contribution in [0.15, 0.2) is 24.3 Å². The first kappa shape index (κ1) is 13.4. The van der Waals surface area contributed by atoms with Crippen molar-refractivity contribution in [2.75, 3.05) is 13.7 Å². The van der Waals surface area contributed by atoms with E-state index in [1.807, 2.05) is 32.0 Å². The van der Waals surface area contributed by atoms with Gasteiger partial charge in [-0.3, -0.25) is 0 Å². The molecular weight excluding hydrogens is 228 g/mol. The number of rotatable bonds is 4. The lowest BCUT2D eigenvalue weighted by Crippen LogP contribution is -2.39. The maximum absolute atomic E-state index is 10.3. The van der Waals surface area contributed by atoms with Crippen molar-refractivity contribution in [3.8, 4) is 5.75 Å². The fraction of sp³-hybridized carbons (Fsp3) is 0.600. The third kappa shape index (κ3) is 2.68. The van der Waals surface area contributed by atoms with E-state index in [-0.39, 0.29) is 0 Å². The molecular formula is C15H22O3. The zero-order valence-corrected chi connectivity index (χ0v) is 11.3. The molecule has 0 saturated carbocycles. The van der Waals surface area contributed by atoms with Crippen LogP contribution in [0.25, 0.3) is 0 Å². The van der Waals surface area contributed by atoms with Crippen LogP contribution in [0.4, 0.5) is 0 Å². The average molecular weight is 250 g/mol. The number of methoxy groups -OCH3 is 1. The molecule has 0 aliphatic carbocycles. The number of hydrogen-bond acceptors (Lipinski definition) is 3. The minimum atomic E-state index is -0.507. The first-order chi connectivity index (χ1) is 8.54. The molecule has 1 aromatic rings. The summed E-state index contributed by atoms with van der Waals surface area (Å²) in [5, 5.41) is 10.3.